The first kappa shape index (κ1) is 16.6. The van der Waals surface area contributed by atoms with Crippen molar-refractivity contribution in [1.29, 1.82) is 0 Å². The second-order valence-electron chi connectivity index (χ2n) is 7.72. The summed E-state index contributed by atoms with van der Waals surface area (Å²) in [6.07, 6.45) is 2.74. The smallest absolute Gasteiger partial charge is 0.466 e. The maximum atomic E-state index is 11.4. The molecular formula is C15H24BN3O4. The molecule has 4 aliphatic rings. The van der Waals surface area contributed by atoms with E-state index in [1.807, 2.05) is 0 Å². The standard InChI is InChI=1S/C15H24BN3O4/c1-14(2)9-7-10(14)15(3)11(8-9)22-16(23-15)12(18-19-17)5-6-13(20)21-4/h9-12H,5-8H2,1-4H3/t9?,10-,11+,12?,15-/m0/s1. The number of methoxy groups -OCH3 is 1. The number of carbonyl (C=O) groups is 1. The highest BCUT2D eigenvalue weighted by Crippen LogP contribution is 2.65. The minimum absolute atomic E-state index is 0.0406. The number of nitrogens with zero attached hydrogens (tertiary/aromatic N) is 3. The van der Waals surface area contributed by atoms with Gasteiger partial charge in [-0.2, -0.15) is 0 Å². The average Bonchev–Trinajstić information content (AvgIpc) is 2.87. The zero-order chi connectivity index (χ0) is 16.8. The van der Waals surface area contributed by atoms with E-state index in [9.17, 15) is 4.79 Å². The van der Waals surface area contributed by atoms with Gasteiger partial charge in [-0.15, -0.1) is 0 Å². The van der Waals surface area contributed by atoms with Crippen LogP contribution >= 0.6 is 0 Å². The largest absolute Gasteiger partial charge is 0.469 e. The normalized spacial score (nSPS) is 38.1. The van der Waals surface area contributed by atoms with E-state index < -0.39 is 13.1 Å². The third kappa shape index (κ3) is 2.53. The molecule has 23 heavy (non-hydrogen) atoms. The van der Waals surface area contributed by atoms with Crippen LogP contribution in [0, 0.1) is 17.3 Å². The molecule has 0 aromatic heterocycles. The van der Waals surface area contributed by atoms with Crippen molar-refractivity contribution in [3.8, 4) is 0 Å². The molecule has 4 rings (SSSR count). The van der Waals surface area contributed by atoms with Gasteiger partial charge in [-0.05, 0) is 49.0 Å². The van der Waals surface area contributed by atoms with Gasteiger partial charge in [0.1, 0.15) is 0 Å². The van der Waals surface area contributed by atoms with Crippen molar-refractivity contribution in [1.82, 2.24) is 0 Å². The Bertz CT molecular complexity index is 551. The summed E-state index contributed by atoms with van der Waals surface area (Å²) in [6, 6.07) is 0. The van der Waals surface area contributed by atoms with Gasteiger partial charge in [0.25, 0.3) is 0 Å². The van der Waals surface area contributed by atoms with Crippen molar-refractivity contribution in [2.24, 2.45) is 22.4 Å². The van der Waals surface area contributed by atoms with Gasteiger partial charge in [-0.1, -0.05) is 19.0 Å². The van der Waals surface area contributed by atoms with Crippen molar-refractivity contribution < 1.29 is 18.8 Å². The first-order chi connectivity index (χ1) is 10.8. The van der Waals surface area contributed by atoms with E-state index in [1.165, 1.54) is 13.5 Å². The van der Waals surface area contributed by atoms with Crippen LogP contribution in [0.4, 0.5) is 0 Å². The topological polar surface area (TPSA) is 93.5 Å². The summed E-state index contributed by atoms with van der Waals surface area (Å²) in [4.78, 5) is 14.3. The van der Waals surface area contributed by atoms with Gasteiger partial charge in [0, 0.05) is 11.3 Å². The lowest BCUT2D eigenvalue weighted by molar-refractivity contribution is -0.199. The van der Waals surface area contributed by atoms with Gasteiger partial charge < -0.3 is 14.0 Å². The van der Waals surface area contributed by atoms with E-state index >= 15 is 0 Å². The first-order valence-corrected chi connectivity index (χ1v) is 8.27. The van der Waals surface area contributed by atoms with Crippen molar-refractivity contribution in [3.63, 3.8) is 0 Å². The molecule has 0 radical (unpaired) electrons. The summed E-state index contributed by atoms with van der Waals surface area (Å²) in [6.45, 7) is 6.71. The van der Waals surface area contributed by atoms with Crippen molar-refractivity contribution >= 4 is 13.1 Å². The van der Waals surface area contributed by atoms with Crippen LogP contribution in [0.2, 0.25) is 0 Å². The molecule has 5 atom stereocenters. The molecule has 0 aromatic rings. The Kier molecular flexibility index (Phi) is 4.11. The molecule has 4 fully saturated rings. The molecule has 0 aromatic carbocycles. The Morgan fingerprint density at radius 3 is 2.83 bits per heavy atom. The lowest BCUT2D eigenvalue weighted by Gasteiger charge is -2.64. The predicted octanol–water partition coefficient (Wildman–Crippen LogP) is 2.89. The van der Waals surface area contributed by atoms with E-state index in [0.29, 0.717) is 18.3 Å². The highest BCUT2D eigenvalue weighted by molar-refractivity contribution is 6.47. The molecule has 0 spiro atoms. The quantitative estimate of drug-likeness (QED) is 0.256. The van der Waals surface area contributed by atoms with Crippen LogP contribution in [0.25, 0.3) is 10.4 Å². The summed E-state index contributed by atoms with van der Waals surface area (Å²) in [5, 5.41) is 3.80. The van der Waals surface area contributed by atoms with Crippen LogP contribution in [0.5, 0.6) is 0 Å². The van der Waals surface area contributed by atoms with Gasteiger partial charge in [0.15, 0.2) is 0 Å². The number of rotatable bonds is 5. The maximum absolute atomic E-state index is 11.4. The highest BCUT2D eigenvalue weighted by Gasteiger charge is 2.68. The fraction of sp³-hybridized carbons (Fsp3) is 0.933. The molecule has 2 bridgehead atoms. The molecule has 2 unspecified atom stereocenters. The van der Waals surface area contributed by atoms with Crippen LogP contribution < -0.4 is 0 Å². The number of hydrogen-bond donors (Lipinski definition) is 0. The maximum Gasteiger partial charge on any atom is 0.466 e. The molecule has 126 valence electrons. The molecule has 7 nitrogen and oxygen atoms in total. The predicted molar refractivity (Wildman–Crippen MR) is 84.3 cm³/mol. The molecule has 3 saturated carbocycles. The number of esters is 1. The van der Waals surface area contributed by atoms with Crippen molar-refractivity contribution in [2.45, 2.75) is 64.1 Å². The van der Waals surface area contributed by atoms with Crippen molar-refractivity contribution in [3.05, 3.63) is 10.4 Å². The SMILES string of the molecule is COC(=O)CCC(N=[N+]=[N-])B1O[C@@H]2CC3C[C@@H](C3(C)C)[C@]2(C)O1. The third-order valence-corrected chi connectivity index (χ3v) is 6.35. The minimum Gasteiger partial charge on any atom is -0.469 e. The van der Waals surface area contributed by atoms with E-state index in [-0.39, 0.29) is 29.5 Å². The summed E-state index contributed by atoms with van der Waals surface area (Å²) < 4.78 is 17.0. The molecule has 8 heteroatoms. The zero-order valence-electron chi connectivity index (χ0n) is 14.2. The molecule has 1 saturated heterocycles. The van der Waals surface area contributed by atoms with Crippen LogP contribution in [0.15, 0.2) is 5.11 Å². The fourth-order valence-corrected chi connectivity index (χ4v) is 4.75. The zero-order valence-corrected chi connectivity index (χ0v) is 14.2. The second-order valence-corrected chi connectivity index (χ2v) is 7.72. The number of ether oxygens (including phenoxy) is 1. The van der Waals surface area contributed by atoms with Crippen LogP contribution in [0.3, 0.4) is 0 Å². The molecular weight excluding hydrogens is 297 g/mol. The monoisotopic (exact) mass is 321 g/mol. The Labute approximate surface area is 136 Å². The van der Waals surface area contributed by atoms with Crippen LogP contribution in [-0.2, 0) is 18.8 Å². The van der Waals surface area contributed by atoms with E-state index in [0.717, 1.165) is 6.42 Å². The lowest BCUT2D eigenvalue weighted by Crippen LogP contribution is -2.65. The van der Waals surface area contributed by atoms with Crippen LogP contribution in [-0.4, -0.2) is 37.8 Å². The summed E-state index contributed by atoms with van der Waals surface area (Å²) in [5.41, 5.74) is 8.75. The highest BCUT2D eigenvalue weighted by atomic mass is 16.7. The Morgan fingerprint density at radius 1 is 1.48 bits per heavy atom. The van der Waals surface area contributed by atoms with Gasteiger partial charge in [-0.25, -0.2) is 0 Å². The Morgan fingerprint density at radius 2 is 2.22 bits per heavy atom. The molecule has 3 aliphatic carbocycles. The second kappa shape index (κ2) is 5.69. The minimum atomic E-state index is -0.583. The molecule has 0 amide bonds. The van der Waals surface area contributed by atoms with Gasteiger partial charge in [0.2, 0.25) is 0 Å². The number of hydrogen-bond acceptors (Lipinski definition) is 5. The Hall–Kier alpha value is -1.24. The summed E-state index contributed by atoms with van der Waals surface area (Å²) >= 11 is 0. The van der Waals surface area contributed by atoms with Gasteiger partial charge in [-0.3, -0.25) is 4.79 Å². The fourth-order valence-electron chi connectivity index (χ4n) is 4.75. The van der Waals surface area contributed by atoms with Crippen molar-refractivity contribution in [2.75, 3.05) is 7.11 Å². The Balaban J connectivity index is 1.72. The van der Waals surface area contributed by atoms with Gasteiger partial charge >= 0.3 is 13.1 Å². The molecule has 0 N–H and O–H groups in total. The first-order valence-electron chi connectivity index (χ1n) is 8.27. The number of carbonyl (C=O) groups excluding carboxylic acids is 1. The summed E-state index contributed by atoms with van der Waals surface area (Å²) in [5.74, 6) is 0.284. The molecule has 1 heterocycles. The van der Waals surface area contributed by atoms with Crippen LogP contribution in [0.1, 0.15) is 46.5 Å². The number of azide groups is 1. The lowest BCUT2D eigenvalue weighted by atomic mass is 9.43. The summed E-state index contributed by atoms with van der Waals surface area (Å²) in [7, 11) is 0.763. The van der Waals surface area contributed by atoms with E-state index in [4.69, 9.17) is 14.8 Å². The third-order valence-electron chi connectivity index (χ3n) is 6.35. The van der Waals surface area contributed by atoms with E-state index in [2.05, 4.69) is 35.5 Å². The average molecular weight is 321 g/mol. The van der Waals surface area contributed by atoms with E-state index in [1.54, 1.807) is 0 Å². The molecule has 1 aliphatic heterocycles. The van der Waals surface area contributed by atoms with Gasteiger partial charge in [0.05, 0.1) is 24.8 Å².